The van der Waals surface area contributed by atoms with Gasteiger partial charge in [-0.25, -0.2) is 9.59 Å². The van der Waals surface area contributed by atoms with E-state index >= 15 is 0 Å². The fourth-order valence-corrected chi connectivity index (χ4v) is 1.04. The quantitative estimate of drug-likeness (QED) is 0.456. The Hall–Kier alpha value is -1.34. The third-order valence-corrected chi connectivity index (χ3v) is 1.87. The van der Waals surface area contributed by atoms with E-state index in [1.807, 2.05) is 13.8 Å². The van der Waals surface area contributed by atoms with Crippen LogP contribution in [-0.4, -0.2) is 53.6 Å². The molecule has 0 fully saturated rings. The summed E-state index contributed by atoms with van der Waals surface area (Å²) in [7, 11) is 0. The van der Waals surface area contributed by atoms with Crippen LogP contribution >= 0.6 is 0 Å². The lowest BCUT2D eigenvalue weighted by atomic mass is 10.2. The molecule has 7 nitrogen and oxygen atoms in total. The van der Waals surface area contributed by atoms with Gasteiger partial charge in [-0.3, -0.25) is 0 Å². The predicted molar refractivity (Wildman–Crippen MR) is 60.7 cm³/mol. The van der Waals surface area contributed by atoms with Crippen LogP contribution in [0.3, 0.4) is 0 Å². The van der Waals surface area contributed by atoms with Crippen LogP contribution in [0.25, 0.3) is 0 Å². The molecule has 2 amide bonds. The molecule has 0 aromatic rings. The van der Waals surface area contributed by atoms with Gasteiger partial charge in [-0.1, -0.05) is 0 Å². The van der Waals surface area contributed by atoms with Gasteiger partial charge in [-0.2, -0.15) is 0 Å². The summed E-state index contributed by atoms with van der Waals surface area (Å²) in [5.41, 5.74) is 0. The molecule has 2 atom stereocenters. The zero-order valence-corrected chi connectivity index (χ0v) is 10.3. The maximum atomic E-state index is 11.3. The number of ether oxygens (including phenoxy) is 1. The van der Waals surface area contributed by atoms with Crippen LogP contribution in [0.5, 0.6) is 0 Å². The van der Waals surface area contributed by atoms with E-state index in [-0.39, 0.29) is 12.6 Å². The Morgan fingerprint density at radius 1 is 1.29 bits per heavy atom. The van der Waals surface area contributed by atoms with E-state index in [9.17, 15) is 9.59 Å². The Kier molecular flexibility index (Phi) is 7.24. The van der Waals surface area contributed by atoms with Crippen molar-refractivity contribution in [2.24, 2.45) is 0 Å². The standard InChI is InChI=1S/C10H20N2O5/c1-6(2)17-5-4-11-10(16)12-8(7(3)13)9(14)15/h6-8,13H,4-5H2,1-3H3,(H,14,15)(H2,11,12,16). The lowest BCUT2D eigenvalue weighted by Gasteiger charge is -2.17. The largest absolute Gasteiger partial charge is 0.480 e. The molecule has 0 aliphatic rings. The van der Waals surface area contributed by atoms with Crippen LogP contribution in [0.1, 0.15) is 20.8 Å². The molecule has 2 unspecified atom stereocenters. The molecular weight excluding hydrogens is 228 g/mol. The van der Waals surface area contributed by atoms with Gasteiger partial charge < -0.3 is 25.6 Å². The summed E-state index contributed by atoms with van der Waals surface area (Å²) in [5.74, 6) is -1.28. The highest BCUT2D eigenvalue weighted by atomic mass is 16.5. The average Bonchev–Trinajstić information content (AvgIpc) is 2.19. The van der Waals surface area contributed by atoms with Gasteiger partial charge in [0.15, 0.2) is 6.04 Å². The van der Waals surface area contributed by atoms with Crippen molar-refractivity contribution in [3.05, 3.63) is 0 Å². The summed E-state index contributed by atoms with van der Waals surface area (Å²) in [4.78, 5) is 21.9. The number of carbonyl (C=O) groups excluding carboxylic acids is 1. The van der Waals surface area contributed by atoms with Gasteiger partial charge >= 0.3 is 12.0 Å². The maximum Gasteiger partial charge on any atom is 0.328 e. The van der Waals surface area contributed by atoms with E-state index in [1.54, 1.807) is 0 Å². The molecule has 0 aromatic carbocycles. The van der Waals surface area contributed by atoms with Crippen molar-refractivity contribution in [2.75, 3.05) is 13.2 Å². The number of hydrogen-bond donors (Lipinski definition) is 4. The average molecular weight is 248 g/mol. The third-order valence-electron chi connectivity index (χ3n) is 1.87. The van der Waals surface area contributed by atoms with Gasteiger partial charge in [0.2, 0.25) is 0 Å². The maximum absolute atomic E-state index is 11.3. The summed E-state index contributed by atoms with van der Waals surface area (Å²) < 4.78 is 5.18. The third kappa shape index (κ3) is 7.53. The Balaban J connectivity index is 3.87. The lowest BCUT2D eigenvalue weighted by Crippen LogP contribution is -2.51. The van der Waals surface area contributed by atoms with E-state index in [0.29, 0.717) is 6.61 Å². The molecule has 0 saturated heterocycles. The van der Waals surface area contributed by atoms with Crippen LogP contribution < -0.4 is 10.6 Å². The fourth-order valence-electron chi connectivity index (χ4n) is 1.04. The molecule has 0 bridgehead atoms. The normalized spacial score (nSPS) is 14.2. The molecule has 0 aliphatic heterocycles. The summed E-state index contributed by atoms with van der Waals surface area (Å²) in [5, 5.41) is 22.4. The highest BCUT2D eigenvalue weighted by Crippen LogP contribution is 1.92. The zero-order chi connectivity index (χ0) is 13.4. The summed E-state index contributed by atoms with van der Waals surface area (Å²) in [6.45, 7) is 5.65. The molecule has 0 aromatic heterocycles. The topological polar surface area (TPSA) is 108 Å². The number of amides is 2. The number of carboxylic acids is 1. The number of aliphatic carboxylic acids is 1. The van der Waals surface area contributed by atoms with E-state index in [2.05, 4.69) is 10.6 Å². The van der Waals surface area contributed by atoms with Crippen molar-refractivity contribution in [2.45, 2.75) is 39.0 Å². The minimum absolute atomic E-state index is 0.0732. The van der Waals surface area contributed by atoms with E-state index < -0.39 is 24.1 Å². The van der Waals surface area contributed by atoms with Crippen molar-refractivity contribution in [3.63, 3.8) is 0 Å². The minimum atomic E-state index is -1.32. The first-order valence-corrected chi connectivity index (χ1v) is 5.41. The molecule has 0 spiro atoms. The van der Waals surface area contributed by atoms with Crippen LogP contribution in [0.4, 0.5) is 4.79 Å². The SMILES string of the molecule is CC(C)OCCNC(=O)NC(C(=O)O)C(C)O. The Bertz CT molecular complexity index is 255. The number of carbonyl (C=O) groups is 2. The predicted octanol–water partition coefficient (Wildman–Crippen LogP) is -0.455. The highest BCUT2D eigenvalue weighted by molar-refractivity contribution is 5.82. The summed E-state index contributed by atoms with van der Waals surface area (Å²) in [6, 6.07) is -1.97. The Morgan fingerprint density at radius 3 is 2.29 bits per heavy atom. The second-order valence-corrected chi connectivity index (χ2v) is 3.88. The number of rotatable bonds is 7. The number of hydrogen-bond acceptors (Lipinski definition) is 4. The van der Waals surface area contributed by atoms with Gasteiger partial charge in [0.25, 0.3) is 0 Å². The van der Waals surface area contributed by atoms with Gasteiger partial charge in [-0.15, -0.1) is 0 Å². The molecular formula is C10H20N2O5. The molecule has 0 radical (unpaired) electrons. The molecule has 100 valence electrons. The number of carboxylic acid groups (broad SMARTS) is 1. The number of urea groups is 1. The summed E-state index contributed by atoms with van der Waals surface area (Å²) in [6.07, 6.45) is -1.09. The van der Waals surface area contributed by atoms with Crippen molar-refractivity contribution in [1.29, 1.82) is 0 Å². The van der Waals surface area contributed by atoms with E-state index in [0.717, 1.165) is 0 Å². The molecule has 4 N–H and O–H groups in total. The molecule has 17 heavy (non-hydrogen) atoms. The minimum Gasteiger partial charge on any atom is -0.480 e. The molecule has 7 heteroatoms. The van der Waals surface area contributed by atoms with E-state index in [1.165, 1.54) is 6.92 Å². The molecule has 0 heterocycles. The Morgan fingerprint density at radius 2 is 1.88 bits per heavy atom. The van der Waals surface area contributed by atoms with Crippen molar-refractivity contribution < 1.29 is 24.5 Å². The lowest BCUT2D eigenvalue weighted by molar-refractivity contribution is -0.141. The van der Waals surface area contributed by atoms with Crippen molar-refractivity contribution in [1.82, 2.24) is 10.6 Å². The second kappa shape index (κ2) is 7.86. The highest BCUT2D eigenvalue weighted by Gasteiger charge is 2.24. The zero-order valence-electron chi connectivity index (χ0n) is 10.3. The number of aliphatic hydroxyl groups is 1. The van der Waals surface area contributed by atoms with Gasteiger partial charge in [0.1, 0.15) is 0 Å². The number of aliphatic hydroxyl groups excluding tert-OH is 1. The van der Waals surface area contributed by atoms with Crippen molar-refractivity contribution >= 4 is 12.0 Å². The monoisotopic (exact) mass is 248 g/mol. The van der Waals surface area contributed by atoms with Gasteiger partial charge in [0.05, 0.1) is 18.8 Å². The van der Waals surface area contributed by atoms with Gasteiger partial charge in [-0.05, 0) is 20.8 Å². The van der Waals surface area contributed by atoms with Crippen molar-refractivity contribution in [3.8, 4) is 0 Å². The van der Waals surface area contributed by atoms with Gasteiger partial charge in [0, 0.05) is 6.54 Å². The Labute approximate surface area is 100 Å². The van der Waals surface area contributed by atoms with Crippen LogP contribution in [0.2, 0.25) is 0 Å². The first kappa shape index (κ1) is 15.7. The second-order valence-electron chi connectivity index (χ2n) is 3.88. The van der Waals surface area contributed by atoms with Crippen LogP contribution in [0.15, 0.2) is 0 Å². The summed E-state index contributed by atoms with van der Waals surface area (Å²) >= 11 is 0. The molecule has 0 rings (SSSR count). The fraction of sp³-hybridized carbons (Fsp3) is 0.800. The van der Waals surface area contributed by atoms with E-state index in [4.69, 9.17) is 14.9 Å². The molecule has 0 aliphatic carbocycles. The molecule has 0 saturated carbocycles. The van der Waals surface area contributed by atoms with Crippen LogP contribution in [0, 0.1) is 0 Å². The number of nitrogens with one attached hydrogen (secondary N) is 2. The van der Waals surface area contributed by atoms with Crippen LogP contribution in [-0.2, 0) is 9.53 Å². The first-order valence-electron chi connectivity index (χ1n) is 5.41. The smallest absolute Gasteiger partial charge is 0.328 e. The first-order chi connectivity index (χ1) is 7.84.